The van der Waals surface area contributed by atoms with Gasteiger partial charge in [-0.3, -0.25) is 0 Å². The van der Waals surface area contributed by atoms with Crippen LogP contribution in [0.25, 0.3) is 0 Å². The van der Waals surface area contributed by atoms with Crippen LogP contribution in [0.5, 0.6) is 0 Å². The molecule has 2 aromatic rings. The summed E-state index contributed by atoms with van der Waals surface area (Å²) in [6.45, 7) is 4.31. The minimum absolute atomic E-state index is 0.120. The monoisotopic (exact) mass is 388 g/mol. The zero-order valence-corrected chi connectivity index (χ0v) is 15.0. The van der Waals surface area contributed by atoms with Crippen LogP contribution in [0.1, 0.15) is 18.7 Å². The Balaban J connectivity index is 2.02. The van der Waals surface area contributed by atoms with Crippen LogP contribution in [-0.4, -0.2) is 14.5 Å². The van der Waals surface area contributed by atoms with E-state index in [1.54, 1.807) is 49.4 Å². The molecule has 2 rings (SSSR count). The van der Waals surface area contributed by atoms with Crippen molar-refractivity contribution in [3.05, 3.63) is 45.1 Å². The first-order valence-electron chi connectivity index (χ1n) is 6.46. The molecule has 0 aliphatic heterocycles. The molecule has 0 atom stereocenters. The summed E-state index contributed by atoms with van der Waals surface area (Å²) in [4.78, 5) is 1.49. The van der Waals surface area contributed by atoms with Crippen molar-refractivity contribution in [3.8, 4) is 0 Å². The number of thiophene rings is 1. The predicted molar refractivity (Wildman–Crippen MR) is 91.2 cm³/mol. The van der Waals surface area contributed by atoms with Crippen LogP contribution < -0.4 is 10.0 Å². The molecule has 0 saturated carbocycles. The molecule has 4 nitrogen and oxygen atoms in total. The van der Waals surface area contributed by atoms with Crippen LogP contribution in [-0.2, 0) is 16.6 Å². The van der Waals surface area contributed by atoms with Crippen molar-refractivity contribution in [2.24, 2.45) is 0 Å². The van der Waals surface area contributed by atoms with Gasteiger partial charge < -0.3 is 5.32 Å². The summed E-state index contributed by atoms with van der Waals surface area (Å²) >= 11 is 5.09. The van der Waals surface area contributed by atoms with Crippen molar-refractivity contribution < 1.29 is 8.42 Å². The average molecular weight is 389 g/mol. The number of halogens is 1. The zero-order valence-electron chi connectivity index (χ0n) is 11.8. The molecule has 0 saturated heterocycles. The van der Waals surface area contributed by atoms with Crippen molar-refractivity contribution >= 4 is 43.0 Å². The first kappa shape index (κ1) is 16.5. The van der Waals surface area contributed by atoms with E-state index >= 15 is 0 Å². The third-order valence-electron chi connectivity index (χ3n) is 2.64. The van der Waals surface area contributed by atoms with Gasteiger partial charge in [0.1, 0.15) is 0 Å². The number of rotatable bonds is 6. The number of benzene rings is 1. The number of hydrogen-bond donors (Lipinski definition) is 2. The molecule has 0 amide bonds. The summed E-state index contributed by atoms with van der Waals surface area (Å²) in [5.74, 6) is 0. The van der Waals surface area contributed by atoms with Gasteiger partial charge in [-0.2, -0.15) is 0 Å². The molecule has 0 aliphatic carbocycles. The fraction of sp³-hybridized carbons (Fsp3) is 0.286. The Hall–Kier alpha value is -0.890. The van der Waals surface area contributed by atoms with E-state index in [-0.39, 0.29) is 10.9 Å². The maximum absolute atomic E-state index is 12.0. The molecule has 2 N–H and O–H groups in total. The first-order chi connectivity index (χ1) is 9.87. The Morgan fingerprint density at radius 2 is 1.90 bits per heavy atom. The normalized spacial score (nSPS) is 11.8. The summed E-state index contributed by atoms with van der Waals surface area (Å²) in [7, 11) is -3.42. The molecule has 1 aromatic heterocycles. The van der Waals surface area contributed by atoms with E-state index in [0.29, 0.717) is 6.54 Å². The molecular weight excluding hydrogens is 372 g/mol. The van der Waals surface area contributed by atoms with E-state index in [4.69, 9.17) is 0 Å². The van der Waals surface area contributed by atoms with Crippen molar-refractivity contribution in [1.29, 1.82) is 0 Å². The summed E-state index contributed by atoms with van der Waals surface area (Å²) in [5, 5.41) is 5.30. The molecule has 0 spiro atoms. The summed E-state index contributed by atoms with van der Waals surface area (Å²) in [5.41, 5.74) is 0.892. The molecule has 0 bridgehead atoms. The highest BCUT2D eigenvalue weighted by Gasteiger charge is 2.14. The highest BCUT2D eigenvalue weighted by Crippen LogP contribution is 2.21. The second kappa shape index (κ2) is 6.91. The summed E-state index contributed by atoms with van der Waals surface area (Å²) < 4.78 is 27.6. The molecule has 1 heterocycles. The third-order valence-corrected chi connectivity index (χ3v) is 6.02. The van der Waals surface area contributed by atoms with E-state index in [1.807, 2.05) is 5.38 Å². The smallest absolute Gasteiger partial charge is 0.240 e. The van der Waals surface area contributed by atoms with Gasteiger partial charge in [-0.05, 0) is 60.1 Å². The van der Waals surface area contributed by atoms with E-state index < -0.39 is 10.0 Å². The van der Waals surface area contributed by atoms with Crippen LogP contribution in [0.15, 0.2) is 45.1 Å². The first-order valence-corrected chi connectivity index (χ1v) is 9.61. The van der Waals surface area contributed by atoms with Crippen LogP contribution in [0, 0.1) is 0 Å². The van der Waals surface area contributed by atoms with E-state index in [0.717, 1.165) is 10.2 Å². The minimum atomic E-state index is -3.42. The average Bonchev–Trinajstić information content (AvgIpc) is 2.81. The second-order valence-electron chi connectivity index (χ2n) is 4.89. The van der Waals surface area contributed by atoms with Crippen molar-refractivity contribution in [2.45, 2.75) is 31.3 Å². The Kier molecular flexibility index (Phi) is 5.43. The molecular formula is C14H17BrN2O2S2. The van der Waals surface area contributed by atoms with Gasteiger partial charge >= 0.3 is 0 Å². The number of anilines is 1. The van der Waals surface area contributed by atoms with Gasteiger partial charge in [0.25, 0.3) is 0 Å². The molecule has 1 aromatic carbocycles. The minimum Gasteiger partial charge on any atom is -0.380 e. The van der Waals surface area contributed by atoms with Gasteiger partial charge in [0, 0.05) is 33.0 Å². The van der Waals surface area contributed by atoms with E-state index in [1.165, 1.54) is 4.88 Å². The molecule has 21 heavy (non-hydrogen) atoms. The summed E-state index contributed by atoms with van der Waals surface area (Å²) in [6, 6.07) is 8.71. The lowest BCUT2D eigenvalue weighted by atomic mass is 10.3. The van der Waals surface area contributed by atoms with Crippen molar-refractivity contribution in [1.82, 2.24) is 4.72 Å². The van der Waals surface area contributed by atoms with Crippen LogP contribution in [0.3, 0.4) is 0 Å². The molecule has 0 fully saturated rings. The number of nitrogens with one attached hydrogen (secondary N) is 2. The highest BCUT2D eigenvalue weighted by molar-refractivity contribution is 9.10. The van der Waals surface area contributed by atoms with Crippen LogP contribution in [0.2, 0.25) is 0 Å². The SMILES string of the molecule is CC(C)NS(=O)(=O)c1ccc(NCc2cc(Br)cs2)cc1. The van der Waals surface area contributed by atoms with Gasteiger partial charge in [0.15, 0.2) is 0 Å². The Bertz CT molecular complexity index is 694. The Labute approximate surface area is 137 Å². The molecule has 0 radical (unpaired) electrons. The lowest BCUT2D eigenvalue weighted by Crippen LogP contribution is -2.30. The van der Waals surface area contributed by atoms with Gasteiger partial charge in [-0.1, -0.05) is 0 Å². The third kappa shape index (κ3) is 4.81. The fourth-order valence-electron chi connectivity index (χ4n) is 1.77. The van der Waals surface area contributed by atoms with Crippen LogP contribution >= 0.6 is 27.3 Å². The zero-order chi connectivity index (χ0) is 15.5. The van der Waals surface area contributed by atoms with Crippen molar-refractivity contribution in [3.63, 3.8) is 0 Å². The standard InChI is InChI=1S/C14H17BrN2O2S2/c1-10(2)17-21(18,19)14-5-3-12(4-6-14)16-8-13-7-11(15)9-20-13/h3-7,9-10,16-17H,8H2,1-2H3. The number of sulfonamides is 1. The lowest BCUT2D eigenvalue weighted by molar-refractivity contribution is 0.570. The molecule has 7 heteroatoms. The van der Waals surface area contributed by atoms with Gasteiger partial charge in [0.2, 0.25) is 10.0 Å². The molecule has 0 aliphatic rings. The number of hydrogen-bond acceptors (Lipinski definition) is 4. The quantitative estimate of drug-likeness (QED) is 0.790. The fourth-order valence-corrected chi connectivity index (χ4v) is 4.41. The maximum Gasteiger partial charge on any atom is 0.240 e. The lowest BCUT2D eigenvalue weighted by Gasteiger charge is -2.10. The van der Waals surface area contributed by atoms with E-state index in [9.17, 15) is 8.42 Å². The Morgan fingerprint density at radius 3 is 2.43 bits per heavy atom. The van der Waals surface area contributed by atoms with E-state index in [2.05, 4.69) is 32.0 Å². The molecule has 0 unspecified atom stereocenters. The van der Waals surface area contributed by atoms with Gasteiger partial charge in [0.05, 0.1) is 4.90 Å². The van der Waals surface area contributed by atoms with Gasteiger partial charge in [-0.25, -0.2) is 13.1 Å². The van der Waals surface area contributed by atoms with Gasteiger partial charge in [-0.15, -0.1) is 11.3 Å². The topological polar surface area (TPSA) is 58.2 Å². The van der Waals surface area contributed by atoms with Crippen molar-refractivity contribution in [2.75, 3.05) is 5.32 Å². The predicted octanol–water partition coefficient (Wildman–Crippen LogP) is 3.81. The Morgan fingerprint density at radius 1 is 1.24 bits per heavy atom. The maximum atomic E-state index is 12.0. The molecule has 114 valence electrons. The van der Waals surface area contributed by atoms with Crippen LogP contribution in [0.4, 0.5) is 5.69 Å². The highest BCUT2D eigenvalue weighted by atomic mass is 79.9. The summed E-state index contributed by atoms with van der Waals surface area (Å²) in [6.07, 6.45) is 0. The largest absolute Gasteiger partial charge is 0.380 e. The second-order valence-corrected chi connectivity index (χ2v) is 8.51.